The molecule has 0 amide bonds. The van der Waals surface area contributed by atoms with Crippen LogP contribution in [0.15, 0.2) is 47.5 Å². The monoisotopic (exact) mass is 432 g/mol. The number of nitrogens with one attached hydrogen (secondary N) is 2. The molecule has 0 radical (unpaired) electrons. The van der Waals surface area contributed by atoms with E-state index in [9.17, 15) is 16.8 Å². The maximum atomic E-state index is 12.7. The molecule has 0 saturated heterocycles. The number of aromatic amines is 1. The van der Waals surface area contributed by atoms with Crippen LogP contribution in [0.2, 0.25) is 10.0 Å². The number of hydrogen-bond donors (Lipinski definition) is 2. The molecule has 3 rings (SSSR count). The number of halogens is 2. The van der Waals surface area contributed by atoms with Gasteiger partial charge in [0.2, 0.25) is 0 Å². The highest BCUT2D eigenvalue weighted by Crippen LogP contribution is 2.35. The maximum Gasteiger partial charge on any atom is 0.261 e. The lowest BCUT2D eigenvalue weighted by molar-refractivity contribution is 0.598. The summed E-state index contributed by atoms with van der Waals surface area (Å²) < 4.78 is 50.8. The van der Waals surface area contributed by atoms with E-state index in [1.54, 1.807) is 12.1 Å². The molecule has 1 aromatic heterocycles. The number of anilines is 1. The summed E-state index contributed by atoms with van der Waals surface area (Å²) in [7, 11) is -7.22. The van der Waals surface area contributed by atoms with Gasteiger partial charge in [-0.3, -0.25) is 4.72 Å². The van der Waals surface area contributed by atoms with Gasteiger partial charge >= 0.3 is 0 Å². The summed E-state index contributed by atoms with van der Waals surface area (Å²) >= 11 is 12.2. The van der Waals surface area contributed by atoms with E-state index in [0.717, 1.165) is 6.26 Å². The maximum absolute atomic E-state index is 12.7. The van der Waals surface area contributed by atoms with Crippen molar-refractivity contribution in [3.8, 4) is 0 Å². The van der Waals surface area contributed by atoms with Crippen molar-refractivity contribution < 1.29 is 16.8 Å². The minimum absolute atomic E-state index is 0.0422. The average molecular weight is 433 g/mol. The van der Waals surface area contributed by atoms with E-state index in [0.29, 0.717) is 26.5 Å². The van der Waals surface area contributed by atoms with Crippen LogP contribution in [0.5, 0.6) is 0 Å². The van der Waals surface area contributed by atoms with Crippen molar-refractivity contribution >= 4 is 59.7 Å². The van der Waals surface area contributed by atoms with E-state index in [-0.39, 0.29) is 16.3 Å². The first-order valence-corrected chi connectivity index (χ1v) is 11.6. The molecule has 10 heteroatoms. The van der Waals surface area contributed by atoms with Crippen molar-refractivity contribution in [2.45, 2.75) is 10.6 Å². The molecular weight excluding hydrogens is 419 g/mol. The van der Waals surface area contributed by atoms with Crippen LogP contribution in [0.3, 0.4) is 0 Å². The number of H-pyrrole nitrogens is 1. The first kappa shape index (κ1) is 19.0. The van der Waals surface area contributed by atoms with Crippen LogP contribution in [0.4, 0.5) is 5.69 Å². The molecule has 6 nitrogen and oxygen atoms in total. The molecule has 138 valence electrons. The molecule has 2 N–H and O–H groups in total. The third-order valence-corrected chi connectivity index (χ3v) is 6.45. The van der Waals surface area contributed by atoms with Gasteiger partial charge in [0, 0.05) is 17.8 Å². The summed E-state index contributed by atoms with van der Waals surface area (Å²) in [6.45, 7) is 0. The van der Waals surface area contributed by atoms with Crippen molar-refractivity contribution in [1.82, 2.24) is 4.98 Å². The number of aromatic nitrogens is 1. The SMILES string of the molecule is CS(=O)(=O)Cc1cccc(S(=O)(=O)Nc2ccc(Cl)c3c(Cl)c[nH]c23)c1. The van der Waals surface area contributed by atoms with Crippen LogP contribution in [0.25, 0.3) is 10.9 Å². The first-order valence-electron chi connectivity index (χ1n) is 7.31. The molecule has 0 spiro atoms. The number of benzene rings is 2. The molecule has 0 fully saturated rings. The third-order valence-electron chi connectivity index (χ3n) is 3.62. The van der Waals surface area contributed by atoms with E-state index in [2.05, 4.69) is 9.71 Å². The van der Waals surface area contributed by atoms with Gasteiger partial charge in [-0.1, -0.05) is 35.3 Å². The fourth-order valence-corrected chi connectivity index (χ4v) is 5.05. The predicted molar refractivity (Wildman–Crippen MR) is 104 cm³/mol. The smallest absolute Gasteiger partial charge is 0.261 e. The lowest BCUT2D eigenvalue weighted by atomic mass is 10.2. The number of rotatable bonds is 5. The van der Waals surface area contributed by atoms with Crippen molar-refractivity contribution in [1.29, 1.82) is 0 Å². The van der Waals surface area contributed by atoms with Gasteiger partial charge in [0.25, 0.3) is 10.0 Å². The van der Waals surface area contributed by atoms with E-state index >= 15 is 0 Å². The lowest BCUT2D eigenvalue weighted by Crippen LogP contribution is -2.14. The number of sulfonamides is 1. The number of hydrogen-bond acceptors (Lipinski definition) is 4. The first-order chi connectivity index (χ1) is 12.1. The van der Waals surface area contributed by atoms with E-state index in [1.165, 1.54) is 30.5 Å². The third kappa shape index (κ3) is 3.98. The molecule has 26 heavy (non-hydrogen) atoms. The van der Waals surface area contributed by atoms with Crippen LogP contribution in [-0.4, -0.2) is 28.1 Å². The Labute approximate surface area is 161 Å². The van der Waals surface area contributed by atoms with Gasteiger partial charge in [0.05, 0.1) is 31.9 Å². The molecule has 0 aliphatic heterocycles. The quantitative estimate of drug-likeness (QED) is 0.640. The van der Waals surface area contributed by atoms with E-state index in [1.807, 2.05) is 0 Å². The Bertz CT molecular complexity index is 1200. The minimum Gasteiger partial charge on any atom is -0.358 e. The Morgan fingerprint density at radius 3 is 2.46 bits per heavy atom. The topological polar surface area (TPSA) is 96.1 Å². The Kier molecular flexibility index (Phi) is 4.96. The Morgan fingerprint density at radius 1 is 1.04 bits per heavy atom. The summed E-state index contributed by atoms with van der Waals surface area (Å²) in [6.07, 6.45) is 2.61. The summed E-state index contributed by atoms with van der Waals surface area (Å²) in [5.74, 6) is -0.242. The zero-order chi connectivity index (χ0) is 19.1. The highest BCUT2D eigenvalue weighted by Gasteiger charge is 2.19. The molecule has 0 bridgehead atoms. The van der Waals surface area contributed by atoms with Gasteiger partial charge in [-0.05, 0) is 29.8 Å². The molecule has 3 aromatic rings. The van der Waals surface area contributed by atoms with Crippen LogP contribution >= 0.6 is 23.2 Å². The molecule has 2 aromatic carbocycles. The lowest BCUT2D eigenvalue weighted by Gasteiger charge is -2.11. The zero-order valence-electron chi connectivity index (χ0n) is 13.5. The Balaban J connectivity index is 2.00. The molecule has 0 atom stereocenters. The molecule has 0 aliphatic rings. The second-order valence-electron chi connectivity index (χ2n) is 5.80. The minimum atomic E-state index is -3.94. The summed E-state index contributed by atoms with van der Waals surface area (Å²) in [5, 5.41) is 1.28. The molecule has 0 aliphatic carbocycles. The Morgan fingerprint density at radius 2 is 1.77 bits per heavy atom. The van der Waals surface area contributed by atoms with Gasteiger partial charge < -0.3 is 4.98 Å². The van der Waals surface area contributed by atoms with Gasteiger partial charge in [0.15, 0.2) is 9.84 Å². The second-order valence-corrected chi connectivity index (χ2v) is 10.4. The average Bonchev–Trinajstić information content (AvgIpc) is 2.92. The fourth-order valence-electron chi connectivity index (χ4n) is 2.56. The van der Waals surface area contributed by atoms with Crippen LogP contribution in [-0.2, 0) is 25.6 Å². The van der Waals surface area contributed by atoms with Crippen LogP contribution in [0, 0.1) is 0 Å². The van der Waals surface area contributed by atoms with Gasteiger partial charge in [-0.2, -0.15) is 0 Å². The van der Waals surface area contributed by atoms with E-state index in [4.69, 9.17) is 23.2 Å². The largest absolute Gasteiger partial charge is 0.358 e. The van der Waals surface area contributed by atoms with Crippen molar-refractivity contribution in [2.75, 3.05) is 11.0 Å². The predicted octanol–water partition coefficient (Wildman–Crippen LogP) is 3.82. The van der Waals surface area contributed by atoms with Gasteiger partial charge in [-0.15, -0.1) is 0 Å². The van der Waals surface area contributed by atoms with Gasteiger partial charge in [0.1, 0.15) is 0 Å². The normalized spacial score (nSPS) is 12.4. The van der Waals surface area contributed by atoms with Crippen molar-refractivity contribution in [2.24, 2.45) is 0 Å². The second kappa shape index (κ2) is 6.77. The summed E-state index contributed by atoms with van der Waals surface area (Å²) in [5.41, 5.74) is 1.13. The zero-order valence-corrected chi connectivity index (χ0v) is 16.6. The molecule has 0 unspecified atom stereocenters. The highest BCUT2D eigenvalue weighted by molar-refractivity contribution is 7.92. The van der Waals surface area contributed by atoms with Crippen molar-refractivity contribution in [3.63, 3.8) is 0 Å². The highest BCUT2D eigenvalue weighted by atomic mass is 35.5. The van der Waals surface area contributed by atoms with Crippen LogP contribution in [0.1, 0.15) is 5.56 Å². The van der Waals surface area contributed by atoms with Crippen LogP contribution < -0.4 is 4.72 Å². The molecule has 1 heterocycles. The molecule has 0 saturated carbocycles. The molecular formula is C16H14Cl2N2O4S2. The number of fused-ring (bicyclic) bond motifs is 1. The Hall–Kier alpha value is -1.74. The standard InChI is InChI=1S/C16H14Cl2N2O4S2/c1-25(21,22)9-10-3-2-4-11(7-10)26(23,24)20-14-6-5-12(17)15-13(18)8-19-16(14)15/h2-8,19-20H,9H2,1H3. The fraction of sp³-hybridized carbons (Fsp3) is 0.125. The van der Waals surface area contributed by atoms with Gasteiger partial charge in [-0.25, -0.2) is 16.8 Å². The van der Waals surface area contributed by atoms with Crippen molar-refractivity contribution in [3.05, 3.63) is 58.2 Å². The van der Waals surface area contributed by atoms with E-state index < -0.39 is 19.9 Å². The number of sulfone groups is 1. The summed E-state index contributed by atoms with van der Waals surface area (Å²) in [6, 6.07) is 8.85. The summed E-state index contributed by atoms with van der Waals surface area (Å²) in [4.78, 5) is 2.85.